The summed E-state index contributed by atoms with van der Waals surface area (Å²) in [5.41, 5.74) is 1.54. The van der Waals surface area contributed by atoms with E-state index < -0.39 is 25.3 Å². The first-order chi connectivity index (χ1) is 20.3. The predicted molar refractivity (Wildman–Crippen MR) is 165 cm³/mol. The number of carbonyl (C=O) groups is 2. The van der Waals surface area contributed by atoms with E-state index in [1.165, 1.54) is 4.90 Å². The van der Waals surface area contributed by atoms with Crippen molar-refractivity contribution in [1.29, 1.82) is 0 Å². The van der Waals surface area contributed by atoms with Crippen molar-refractivity contribution in [3.8, 4) is 5.75 Å². The number of likely N-dealkylation sites (tertiary alicyclic amines) is 1. The Kier molecular flexibility index (Phi) is 10.5. The molecule has 1 heterocycles. The van der Waals surface area contributed by atoms with Gasteiger partial charge in [0.15, 0.2) is 6.23 Å². The van der Waals surface area contributed by atoms with Gasteiger partial charge in [-0.25, -0.2) is 9.69 Å². The summed E-state index contributed by atoms with van der Waals surface area (Å²) in [6, 6.07) is 26.4. The van der Waals surface area contributed by atoms with E-state index in [0.717, 1.165) is 23.1 Å². The number of amides is 3. The summed E-state index contributed by atoms with van der Waals surface area (Å²) >= 11 is 0. The number of ether oxygens (including phenoxy) is 1. The minimum absolute atomic E-state index is 0.196. The average molecular weight is 590 g/mol. The summed E-state index contributed by atoms with van der Waals surface area (Å²) < 4.78 is 25.1. The first kappa shape index (κ1) is 31.4. The Labute approximate surface area is 250 Å². The number of benzene rings is 3. The van der Waals surface area contributed by atoms with E-state index in [2.05, 4.69) is 0 Å². The van der Waals surface area contributed by atoms with Crippen molar-refractivity contribution in [1.82, 2.24) is 9.80 Å². The molecule has 0 aromatic heterocycles. The maximum atomic E-state index is 14.0. The Morgan fingerprint density at radius 2 is 1.43 bits per heavy atom. The van der Waals surface area contributed by atoms with E-state index >= 15 is 0 Å². The van der Waals surface area contributed by atoms with E-state index in [1.807, 2.05) is 120 Å². The monoisotopic (exact) mass is 589 g/mol. The Bertz CT molecular complexity index is 1350. The highest BCUT2D eigenvalue weighted by atomic mass is 31.1. The van der Waals surface area contributed by atoms with E-state index in [-0.39, 0.29) is 18.0 Å². The Morgan fingerprint density at radius 3 is 1.95 bits per heavy atom. The van der Waals surface area contributed by atoms with Crippen LogP contribution in [0.1, 0.15) is 82.3 Å². The molecule has 4 atom stereocenters. The number of carbonyl (C=O) groups excluding carboxylic acids is 2. The summed E-state index contributed by atoms with van der Waals surface area (Å²) in [5.74, 6) is 0.343. The van der Waals surface area contributed by atoms with Crippen molar-refractivity contribution >= 4 is 20.0 Å². The molecule has 0 aliphatic carbocycles. The molecular formula is C34H42N2O5P+. The molecule has 0 N–H and O–H groups in total. The third kappa shape index (κ3) is 6.13. The second-order valence-corrected chi connectivity index (χ2v) is 12.0. The number of nitrogens with zero attached hydrogens (tertiary/aromatic N) is 2. The molecule has 3 amide bonds. The van der Waals surface area contributed by atoms with Crippen LogP contribution in [0.5, 0.6) is 5.75 Å². The van der Waals surface area contributed by atoms with Gasteiger partial charge in [0.05, 0.1) is 12.6 Å². The molecule has 1 aliphatic heterocycles. The molecule has 8 heteroatoms. The van der Waals surface area contributed by atoms with Crippen LogP contribution in [0.15, 0.2) is 84.9 Å². The van der Waals surface area contributed by atoms with Crippen LogP contribution in [0, 0.1) is 5.41 Å². The molecule has 42 heavy (non-hydrogen) atoms. The molecule has 1 saturated heterocycles. The van der Waals surface area contributed by atoms with Gasteiger partial charge in [-0.15, -0.1) is 4.52 Å². The lowest BCUT2D eigenvalue weighted by atomic mass is 9.72. The highest BCUT2D eigenvalue weighted by Gasteiger charge is 2.63. The van der Waals surface area contributed by atoms with Crippen molar-refractivity contribution in [2.45, 2.75) is 71.8 Å². The maximum absolute atomic E-state index is 14.0. The summed E-state index contributed by atoms with van der Waals surface area (Å²) in [6.45, 7) is 10.6. The first-order valence-electron chi connectivity index (χ1n) is 14.9. The van der Waals surface area contributed by atoms with Gasteiger partial charge in [-0.1, -0.05) is 93.6 Å². The van der Waals surface area contributed by atoms with Gasteiger partial charge in [0, 0.05) is 17.7 Å². The molecule has 4 rings (SSSR count). The SMILES string of the molecule is CCCN(C(=O)N1C(=O)C(CC)(CC)[C@@H]1Oc1ccc(C(c2ccccc2)[P+](=O)OCC)cc1)[C@H](C)c1ccccc1. The Morgan fingerprint density at radius 1 is 0.881 bits per heavy atom. The summed E-state index contributed by atoms with van der Waals surface area (Å²) in [6.07, 6.45) is 1.14. The Hall–Kier alpha value is -3.54. The van der Waals surface area contributed by atoms with Crippen molar-refractivity contribution in [2.24, 2.45) is 5.41 Å². The normalized spacial score (nSPS) is 17.6. The zero-order valence-electron chi connectivity index (χ0n) is 25.2. The van der Waals surface area contributed by atoms with Gasteiger partial charge in [0.2, 0.25) is 11.6 Å². The number of rotatable bonds is 13. The fourth-order valence-electron chi connectivity index (χ4n) is 5.76. The maximum Gasteiger partial charge on any atom is 0.521 e. The third-order valence-corrected chi connectivity index (χ3v) is 9.84. The fraction of sp³-hybridized carbons (Fsp3) is 0.412. The van der Waals surface area contributed by atoms with Crippen LogP contribution in [0.4, 0.5) is 4.79 Å². The quantitative estimate of drug-likeness (QED) is 0.148. The van der Waals surface area contributed by atoms with Gasteiger partial charge >= 0.3 is 14.1 Å². The highest BCUT2D eigenvalue weighted by molar-refractivity contribution is 7.40. The van der Waals surface area contributed by atoms with Crippen molar-refractivity contribution in [3.63, 3.8) is 0 Å². The molecule has 1 fully saturated rings. The molecule has 7 nitrogen and oxygen atoms in total. The van der Waals surface area contributed by atoms with E-state index in [4.69, 9.17) is 9.26 Å². The van der Waals surface area contributed by atoms with E-state index in [9.17, 15) is 14.2 Å². The van der Waals surface area contributed by atoms with E-state index in [1.54, 1.807) is 4.90 Å². The van der Waals surface area contributed by atoms with Crippen LogP contribution in [-0.4, -0.2) is 41.1 Å². The van der Waals surface area contributed by atoms with Crippen molar-refractivity contribution in [2.75, 3.05) is 13.2 Å². The van der Waals surface area contributed by atoms with Gasteiger partial charge in [0.25, 0.3) is 0 Å². The van der Waals surface area contributed by atoms with Crippen molar-refractivity contribution in [3.05, 3.63) is 102 Å². The zero-order valence-corrected chi connectivity index (χ0v) is 26.1. The minimum Gasteiger partial charge on any atom is -0.469 e. The number of urea groups is 1. The summed E-state index contributed by atoms with van der Waals surface area (Å²) in [7, 11) is -1.99. The molecule has 0 saturated carbocycles. The topological polar surface area (TPSA) is 76.2 Å². The largest absolute Gasteiger partial charge is 0.521 e. The number of hydrogen-bond acceptors (Lipinski definition) is 5. The second kappa shape index (κ2) is 14.1. The lowest BCUT2D eigenvalue weighted by molar-refractivity contribution is -0.192. The number of β-lactam (4-membered cyclic amide) rings is 1. The lowest BCUT2D eigenvalue weighted by Gasteiger charge is -2.54. The average Bonchev–Trinajstić information content (AvgIpc) is 3.02. The zero-order chi connectivity index (χ0) is 30.3. The number of hydrogen-bond donors (Lipinski definition) is 0. The van der Waals surface area contributed by atoms with E-state index in [0.29, 0.717) is 31.7 Å². The van der Waals surface area contributed by atoms with Gasteiger partial charge in [0.1, 0.15) is 11.2 Å². The molecule has 0 spiro atoms. The highest BCUT2D eigenvalue weighted by Crippen LogP contribution is 2.49. The van der Waals surface area contributed by atoms with Crippen LogP contribution in [-0.2, 0) is 13.9 Å². The van der Waals surface area contributed by atoms with Gasteiger partial charge in [-0.3, -0.25) is 4.79 Å². The predicted octanol–water partition coefficient (Wildman–Crippen LogP) is 8.50. The standard InChI is InChI=1S/C34H42N2O5P/c1-6-24-35(25(5)26-16-12-10-13-17-26)33(38)36-31(37)34(7-2,8-3)32(36)41-29-22-20-28(21-23-29)30(42(39)40-9-4)27-18-14-11-15-19-27/h10-23,25,30,32H,6-9,24H2,1-5H3/q+1/t25-,30?,32+/m1/s1. The summed E-state index contributed by atoms with van der Waals surface area (Å²) in [5, 5.41) is 0. The van der Waals surface area contributed by atoms with Crippen molar-refractivity contribution < 1.29 is 23.4 Å². The molecule has 2 unspecified atom stereocenters. The van der Waals surface area contributed by atoms with Crippen LogP contribution in [0.25, 0.3) is 0 Å². The first-order valence-corrected chi connectivity index (χ1v) is 16.2. The molecule has 0 bridgehead atoms. The fourth-order valence-corrected chi connectivity index (χ4v) is 7.00. The van der Waals surface area contributed by atoms with Crippen LogP contribution >= 0.6 is 8.03 Å². The van der Waals surface area contributed by atoms with Crippen LogP contribution < -0.4 is 4.74 Å². The van der Waals surface area contributed by atoms with Gasteiger partial charge in [-0.2, -0.15) is 0 Å². The van der Waals surface area contributed by atoms with Gasteiger partial charge < -0.3 is 9.64 Å². The van der Waals surface area contributed by atoms with Gasteiger partial charge in [-0.05, 0) is 55.4 Å². The second-order valence-electron chi connectivity index (χ2n) is 10.7. The molecule has 3 aromatic rings. The molecule has 222 valence electrons. The molecule has 0 radical (unpaired) electrons. The summed E-state index contributed by atoms with van der Waals surface area (Å²) in [4.78, 5) is 30.7. The third-order valence-electron chi connectivity index (χ3n) is 8.31. The minimum atomic E-state index is -1.99. The Balaban J connectivity index is 1.62. The number of imide groups is 1. The van der Waals surface area contributed by atoms with Crippen LogP contribution in [0.3, 0.4) is 0 Å². The molecular weight excluding hydrogens is 547 g/mol. The molecule has 1 aliphatic rings. The smallest absolute Gasteiger partial charge is 0.469 e. The lowest BCUT2D eigenvalue weighted by Crippen LogP contribution is -2.74. The van der Waals surface area contributed by atoms with Crippen LogP contribution in [0.2, 0.25) is 0 Å². The molecule has 3 aromatic carbocycles.